The molecule has 3 aromatic rings. The number of anilines is 1. The monoisotopic (exact) mass is 565 g/mol. The van der Waals surface area contributed by atoms with Crippen molar-refractivity contribution in [2.45, 2.75) is 38.3 Å². The minimum absolute atomic E-state index is 0.0554. The van der Waals surface area contributed by atoms with Gasteiger partial charge in [-0.05, 0) is 42.5 Å². The van der Waals surface area contributed by atoms with E-state index >= 15 is 0 Å². The standard InChI is InChI=1S/C24H28ClN5O5S2/c25-19-11-9-17(10-12-19)14-20-16-36-23(28-20)30-22(31)21(8-4-5-13-27-37(26,33)34)29-24(32)35-15-18-6-2-1-3-7-18/h1-3,6-7,9-12,16,21,27H,4-5,8,13-15H2,(H,29,32)(H2,26,33,34)(H,28,30,31)/t21-/m0/s1. The highest BCUT2D eigenvalue weighted by atomic mass is 35.5. The average Bonchev–Trinajstić information content (AvgIpc) is 3.29. The van der Waals surface area contributed by atoms with Gasteiger partial charge in [0.2, 0.25) is 5.91 Å². The molecule has 0 aliphatic heterocycles. The summed E-state index contributed by atoms with van der Waals surface area (Å²) in [6, 6.07) is 15.7. The fourth-order valence-corrected chi connectivity index (χ4v) is 4.58. The Hall–Kier alpha value is -3.03. The van der Waals surface area contributed by atoms with E-state index in [1.165, 1.54) is 11.3 Å². The predicted octanol–water partition coefficient (Wildman–Crippen LogP) is 3.58. The molecule has 0 saturated carbocycles. The van der Waals surface area contributed by atoms with E-state index in [1.807, 2.05) is 47.8 Å². The summed E-state index contributed by atoms with van der Waals surface area (Å²) < 4.78 is 29.5. The summed E-state index contributed by atoms with van der Waals surface area (Å²) in [6.45, 7) is 0.173. The van der Waals surface area contributed by atoms with Crippen molar-refractivity contribution in [3.8, 4) is 0 Å². The smallest absolute Gasteiger partial charge is 0.408 e. The maximum absolute atomic E-state index is 13.0. The quantitative estimate of drug-likeness (QED) is 0.232. The summed E-state index contributed by atoms with van der Waals surface area (Å²) >= 11 is 7.21. The Morgan fingerprint density at radius 1 is 1.05 bits per heavy atom. The third-order valence-corrected chi connectivity index (χ3v) is 6.79. The maximum Gasteiger partial charge on any atom is 0.408 e. The van der Waals surface area contributed by atoms with E-state index in [0.29, 0.717) is 29.4 Å². The van der Waals surface area contributed by atoms with Crippen LogP contribution in [0.4, 0.5) is 9.93 Å². The van der Waals surface area contributed by atoms with Crippen molar-refractivity contribution in [1.82, 2.24) is 15.0 Å². The molecular weight excluding hydrogens is 538 g/mol. The van der Waals surface area contributed by atoms with Crippen LogP contribution in [0.15, 0.2) is 60.0 Å². The number of amides is 2. The van der Waals surface area contributed by atoms with Gasteiger partial charge in [0.05, 0.1) is 5.69 Å². The minimum Gasteiger partial charge on any atom is -0.445 e. The molecule has 0 fully saturated rings. The number of carbonyl (C=O) groups is 2. The molecule has 37 heavy (non-hydrogen) atoms. The van der Waals surface area contributed by atoms with Gasteiger partial charge in [0.1, 0.15) is 12.6 Å². The number of rotatable bonds is 13. The van der Waals surface area contributed by atoms with Gasteiger partial charge < -0.3 is 15.4 Å². The SMILES string of the molecule is NS(=O)(=O)NCCCC[C@H](NC(=O)OCc1ccccc1)C(=O)Nc1nc(Cc2ccc(Cl)cc2)cs1. The second-order valence-corrected chi connectivity index (χ2v) is 10.8. The van der Waals surface area contributed by atoms with Crippen LogP contribution in [0, 0.1) is 0 Å². The third kappa shape index (κ3) is 10.9. The second kappa shape index (κ2) is 14.1. The number of halogens is 1. The zero-order chi connectivity index (χ0) is 26.7. The van der Waals surface area contributed by atoms with Crippen LogP contribution in [-0.2, 0) is 32.8 Å². The number of carbonyl (C=O) groups excluding carboxylic acids is 2. The molecule has 0 bridgehead atoms. The van der Waals surface area contributed by atoms with Crippen molar-refractivity contribution in [3.63, 3.8) is 0 Å². The summed E-state index contributed by atoms with van der Waals surface area (Å²) in [4.78, 5) is 29.8. The van der Waals surface area contributed by atoms with Gasteiger partial charge in [-0.2, -0.15) is 8.42 Å². The average molecular weight is 566 g/mol. The first kappa shape index (κ1) is 28.5. The van der Waals surface area contributed by atoms with Crippen LogP contribution < -0.4 is 20.5 Å². The maximum atomic E-state index is 13.0. The lowest BCUT2D eigenvalue weighted by Crippen LogP contribution is -2.44. The van der Waals surface area contributed by atoms with Gasteiger partial charge in [0.15, 0.2) is 5.13 Å². The summed E-state index contributed by atoms with van der Waals surface area (Å²) in [5.41, 5.74) is 2.62. The van der Waals surface area contributed by atoms with Crippen LogP contribution in [0.5, 0.6) is 0 Å². The number of unbranched alkanes of at least 4 members (excludes halogenated alkanes) is 1. The van der Waals surface area contributed by atoms with Crippen molar-refractivity contribution in [2.75, 3.05) is 11.9 Å². The van der Waals surface area contributed by atoms with Crippen LogP contribution in [0.25, 0.3) is 0 Å². The third-order valence-electron chi connectivity index (χ3n) is 5.12. The van der Waals surface area contributed by atoms with Crippen molar-refractivity contribution < 1.29 is 22.7 Å². The topological polar surface area (TPSA) is 153 Å². The van der Waals surface area contributed by atoms with Crippen molar-refractivity contribution >= 4 is 50.3 Å². The van der Waals surface area contributed by atoms with E-state index in [2.05, 4.69) is 20.3 Å². The van der Waals surface area contributed by atoms with E-state index in [4.69, 9.17) is 21.5 Å². The molecule has 0 radical (unpaired) electrons. The van der Waals surface area contributed by atoms with Crippen LogP contribution >= 0.6 is 22.9 Å². The Morgan fingerprint density at radius 2 is 1.78 bits per heavy atom. The summed E-state index contributed by atoms with van der Waals surface area (Å²) in [6.07, 6.45) is 0.951. The fraction of sp³-hybridized carbons (Fsp3) is 0.292. The molecule has 2 amide bonds. The molecule has 3 rings (SSSR count). The van der Waals surface area contributed by atoms with Crippen molar-refractivity contribution in [2.24, 2.45) is 5.14 Å². The number of alkyl carbamates (subject to hydrolysis) is 1. The molecule has 198 valence electrons. The van der Waals surface area contributed by atoms with Crippen LogP contribution in [-0.4, -0.2) is 38.0 Å². The predicted molar refractivity (Wildman–Crippen MR) is 144 cm³/mol. The summed E-state index contributed by atoms with van der Waals surface area (Å²) in [7, 11) is -3.79. The highest BCUT2D eigenvalue weighted by Crippen LogP contribution is 2.20. The summed E-state index contributed by atoms with van der Waals surface area (Å²) in [5, 5.41) is 13.2. The number of aromatic nitrogens is 1. The van der Waals surface area contributed by atoms with Gasteiger partial charge in [-0.3, -0.25) is 4.79 Å². The molecule has 10 nitrogen and oxygen atoms in total. The molecule has 1 atom stereocenters. The number of hydrogen-bond acceptors (Lipinski definition) is 7. The van der Waals surface area contributed by atoms with E-state index in [1.54, 1.807) is 12.1 Å². The lowest BCUT2D eigenvalue weighted by Gasteiger charge is -2.17. The number of nitrogens with two attached hydrogens (primary N) is 1. The van der Waals surface area contributed by atoms with Crippen molar-refractivity contribution in [1.29, 1.82) is 0 Å². The van der Waals surface area contributed by atoms with Gasteiger partial charge in [-0.15, -0.1) is 11.3 Å². The normalized spacial score (nSPS) is 12.1. The number of hydrogen-bond donors (Lipinski definition) is 4. The van der Waals surface area contributed by atoms with E-state index < -0.39 is 28.3 Å². The molecule has 5 N–H and O–H groups in total. The molecular formula is C24H28ClN5O5S2. The second-order valence-electron chi connectivity index (χ2n) is 8.13. The van der Waals surface area contributed by atoms with E-state index in [9.17, 15) is 18.0 Å². The first-order valence-corrected chi connectivity index (χ1v) is 14.2. The number of nitrogens with one attached hydrogen (secondary N) is 3. The Bertz CT molecular complexity index is 1270. The number of benzene rings is 2. The first-order chi connectivity index (χ1) is 17.7. The molecule has 1 heterocycles. The molecule has 13 heteroatoms. The molecule has 1 aromatic heterocycles. The Labute approximate surface area is 224 Å². The highest BCUT2D eigenvalue weighted by molar-refractivity contribution is 7.87. The van der Waals surface area contributed by atoms with E-state index in [0.717, 1.165) is 16.8 Å². The number of thiazole rings is 1. The van der Waals surface area contributed by atoms with Crippen LogP contribution in [0.3, 0.4) is 0 Å². The largest absolute Gasteiger partial charge is 0.445 e. The zero-order valence-corrected chi connectivity index (χ0v) is 22.2. The number of nitrogens with zero attached hydrogens (tertiary/aromatic N) is 1. The molecule has 2 aromatic carbocycles. The van der Waals surface area contributed by atoms with E-state index in [-0.39, 0.29) is 19.6 Å². The lowest BCUT2D eigenvalue weighted by molar-refractivity contribution is -0.118. The Balaban J connectivity index is 1.57. The van der Waals surface area contributed by atoms with Gasteiger partial charge in [-0.25, -0.2) is 19.6 Å². The Morgan fingerprint density at radius 3 is 2.49 bits per heavy atom. The van der Waals surface area contributed by atoms with Crippen molar-refractivity contribution in [3.05, 3.63) is 81.8 Å². The first-order valence-electron chi connectivity index (χ1n) is 11.4. The molecule has 0 spiro atoms. The minimum atomic E-state index is -3.79. The zero-order valence-electron chi connectivity index (χ0n) is 19.9. The molecule has 0 aliphatic rings. The van der Waals surface area contributed by atoms with Crippen LogP contribution in [0.1, 0.15) is 36.1 Å². The Kier molecular flexibility index (Phi) is 10.8. The van der Waals surface area contributed by atoms with Gasteiger partial charge >= 0.3 is 6.09 Å². The fourth-order valence-electron chi connectivity index (χ4n) is 3.31. The highest BCUT2D eigenvalue weighted by Gasteiger charge is 2.22. The lowest BCUT2D eigenvalue weighted by atomic mass is 10.1. The van der Waals surface area contributed by atoms with Crippen LogP contribution in [0.2, 0.25) is 5.02 Å². The number of ether oxygens (including phenoxy) is 1. The summed E-state index contributed by atoms with van der Waals surface area (Å²) in [5.74, 6) is -0.455. The molecule has 0 aliphatic carbocycles. The van der Waals surface area contributed by atoms with Gasteiger partial charge in [0.25, 0.3) is 10.2 Å². The molecule has 0 unspecified atom stereocenters. The van der Waals surface area contributed by atoms with Gasteiger partial charge in [-0.1, -0.05) is 54.1 Å². The molecule has 0 saturated heterocycles. The van der Waals surface area contributed by atoms with Gasteiger partial charge in [0, 0.05) is 23.4 Å².